The van der Waals surface area contributed by atoms with E-state index in [1.165, 1.54) is 26.0 Å². The summed E-state index contributed by atoms with van der Waals surface area (Å²) >= 11 is 0.829. The number of phosphoric ester groups is 3. The van der Waals surface area contributed by atoms with E-state index >= 15 is 0 Å². The number of nitrogen functional groups attached to an aromatic ring is 1. The van der Waals surface area contributed by atoms with Gasteiger partial charge in [0.05, 0.1) is 33.8 Å². The monoisotopic (exact) mass is 915 g/mol. The fourth-order valence-corrected chi connectivity index (χ4v) is 8.35. The summed E-state index contributed by atoms with van der Waals surface area (Å²) < 4.78 is 60.4. The first kappa shape index (κ1) is 50.0. The largest absolute Gasteiger partial charge is 0.790 e. The van der Waals surface area contributed by atoms with Crippen LogP contribution in [0.15, 0.2) is 24.8 Å². The van der Waals surface area contributed by atoms with E-state index in [1.54, 1.807) is 0 Å². The van der Waals surface area contributed by atoms with E-state index in [-0.39, 0.29) is 67.3 Å². The normalized spacial score (nSPS) is 21.2. The third kappa shape index (κ3) is 16.2. The number of ketones is 1. The van der Waals surface area contributed by atoms with Crippen molar-refractivity contribution in [1.29, 1.82) is 0 Å². The molecule has 3 heterocycles. The highest BCUT2D eigenvalue weighted by molar-refractivity contribution is 8.13. The molecule has 0 bridgehead atoms. The maximum atomic E-state index is 12.5. The third-order valence-electron chi connectivity index (χ3n) is 7.83. The summed E-state index contributed by atoms with van der Waals surface area (Å²) in [5.74, 6) is -1.87. The summed E-state index contributed by atoms with van der Waals surface area (Å²) in [5, 5.41) is 25.7. The predicted octanol–water partition coefficient (Wildman–Crippen LogP) is -3.37. The first-order valence-electron chi connectivity index (χ1n) is 17.0. The van der Waals surface area contributed by atoms with Gasteiger partial charge in [-0.2, -0.15) is 0 Å². The van der Waals surface area contributed by atoms with Gasteiger partial charge in [0.15, 0.2) is 22.8 Å². The van der Waals surface area contributed by atoms with Crippen LogP contribution in [0, 0.1) is 5.41 Å². The summed E-state index contributed by atoms with van der Waals surface area (Å²) in [6.45, 7) is -0.210. The van der Waals surface area contributed by atoms with Crippen LogP contribution >= 0.6 is 35.2 Å². The minimum Gasteiger partial charge on any atom is -0.790 e. The smallest absolute Gasteiger partial charge is 0.274 e. The molecular weight excluding hydrogens is 875 g/mol. The second-order valence-corrected chi connectivity index (χ2v) is 18.2. The van der Waals surface area contributed by atoms with Crippen LogP contribution in [0.3, 0.4) is 0 Å². The van der Waals surface area contributed by atoms with Crippen molar-refractivity contribution in [3.63, 3.8) is 0 Å². The highest BCUT2D eigenvalue weighted by Crippen LogP contribution is 2.56. The molecule has 1 aliphatic heterocycles. The van der Waals surface area contributed by atoms with Crippen molar-refractivity contribution in [1.82, 2.24) is 30.2 Å². The Hall–Kier alpha value is -3.36. The topological polar surface area (TPSA) is 409 Å². The van der Waals surface area contributed by atoms with Crippen LogP contribution in [-0.4, -0.2) is 115 Å². The number of allylic oxidation sites excluding steroid dienone is 2. The SMILES string of the molecule is CC(C)(COP(=O)([O-])OP(=O)([O-])OC[C@H]1O[C@@H](n2cnc3c(N)ncnc32)[C@H](O)[C@@H]1OP(=O)([O-])[O-])[C@@H](O)C(=O)NCCC(=O)NCCSC(=O)CC(=O)CC=CCC=O. The number of aliphatic hydroxyl groups is 2. The molecule has 2 aromatic rings. The van der Waals surface area contributed by atoms with Crippen molar-refractivity contribution in [3.05, 3.63) is 24.8 Å². The van der Waals surface area contributed by atoms with Gasteiger partial charge in [-0.05, 0) is 0 Å². The number of nitrogens with one attached hydrogen (secondary N) is 2. The van der Waals surface area contributed by atoms with E-state index in [1.807, 2.05) is 0 Å². The van der Waals surface area contributed by atoms with Crippen LogP contribution in [0.1, 0.15) is 45.8 Å². The van der Waals surface area contributed by atoms with Gasteiger partial charge >= 0.3 is 0 Å². The molecule has 0 radical (unpaired) electrons. The maximum Gasteiger partial charge on any atom is 0.274 e. The third-order valence-corrected chi connectivity index (χ3v) is 11.7. The molecule has 1 aliphatic rings. The lowest BCUT2D eigenvalue weighted by atomic mass is 9.87. The average molecular weight is 916 g/mol. The molecule has 30 heteroatoms. The van der Waals surface area contributed by atoms with E-state index in [4.69, 9.17) is 10.5 Å². The summed E-state index contributed by atoms with van der Waals surface area (Å²) in [6, 6.07) is 0. The summed E-state index contributed by atoms with van der Waals surface area (Å²) in [7, 11) is -17.7. The van der Waals surface area contributed by atoms with E-state index in [0.29, 0.717) is 6.29 Å². The van der Waals surface area contributed by atoms with Crippen LogP contribution in [0.25, 0.3) is 11.2 Å². The van der Waals surface area contributed by atoms with Crippen molar-refractivity contribution >= 4 is 81.2 Å². The molecule has 3 rings (SSSR count). The van der Waals surface area contributed by atoms with Gasteiger partial charge in [-0.25, -0.2) is 19.3 Å². The zero-order chi connectivity index (χ0) is 44.2. The van der Waals surface area contributed by atoms with Crippen molar-refractivity contribution in [3.8, 4) is 0 Å². The Kier molecular flexibility index (Phi) is 18.6. The molecule has 26 nitrogen and oxygen atoms in total. The van der Waals surface area contributed by atoms with Gasteiger partial charge in [0.2, 0.25) is 11.8 Å². The van der Waals surface area contributed by atoms with Crippen LogP contribution in [0.4, 0.5) is 5.82 Å². The minimum absolute atomic E-state index is 0.00626. The Morgan fingerprint density at radius 2 is 1.76 bits per heavy atom. The number of thioether (sulfide) groups is 1. The highest BCUT2D eigenvalue weighted by Gasteiger charge is 2.47. The second-order valence-electron chi connectivity index (χ2n) is 13.0. The number of anilines is 1. The molecule has 59 heavy (non-hydrogen) atoms. The minimum atomic E-state index is -5.94. The number of aliphatic hydroxyl groups excluding tert-OH is 2. The molecule has 0 aromatic carbocycles. The number of nitrogens with two attached hydrogens (primary N) is 1. The molecule has 0 saturated carbocycles. The molecule has 6 N–H and O–H groups in total. The molecule has 1 saturated heterocycles. The number of rotatable bonds is 25. The zero-order valence-electron chi connectivity index (χ0n) is 31.1. The maximum absolute atomic E-state index is 12.5. The van der Waals surface area contributed by atoms with Crippen molar-refractivity contribution in [2.75, 3.05) is 37.8 Å². The van der Waals surface area contributed by atoms with E-state index < -0.39 is 89.7 Å². The molecule has 2 unspecified atom stereocenters. The van der Waals surface area contributed by atoms with Gasteiger partial charge in [0, 0.05) is 43.5 Å². The number of hydrogen-bond acceptors (Lipinski definition) is 24. The Morgan fingerprint density at radius 3 is 2.44 bits per heavy atom. The molecule has 0 spiro atoms. The average Bonchev–Trinajstić information content (AvgIpc) is 3.70. The van der Waals surface area contributed by atoms with E-state index in [2.05, 4.69) is 43.5 Å². The number of phosphoric acid groups is 3. The van der Waals surface area contributed by atoms with Gasteiger partial charge in [-0.15, -0.1) is 0 Å². The molecule has 330 valence electrons. The Balaban J connectivity index is 1.44. The lowest BCUT2D eigenvalue weighted by Crippen LogP contribution is -2.46. The number of Topliss-reactive ketones (excluding diaryl/α,β-unsaturated/α-hetero) is 1. The fourth-order valence-electron chi connectivity index (χ4n) is 4.92. The number of imidazole rings is 1. The lowest BCUT2D eigenvalue weighted by Gasteiger charge is -2.36. The number of carbonyl (C=O) groups excluding carboxylic acids is 5. The summed E-state index contributed by atoms with van der Waals surface area (Å²) in [4.78, 5) is 118. The van der Waals surface area contributed by atoms with E-state index in [9.17, 15) is 67.5 Å². The number of amides is 2. The van der Waals surface area contributed by atoms with Gasteiger partial charge < -0.3 is 73.8 Å². The summed E-state index contributed by atoms with van der Waals surface area (Å²) in [6.07, 6.45) is -4.29. The Labute approximate surface area is 339 Å². The van der Waals surface area contributed by atoms with Gasteiger partial charge in [-0.1, -0.05) is 37.8 Å². The fraction of sp³-hybridized carbons (Fsp3) is 0.586. The summed E-state index contributed by atoms with van der Waals surface area (Å²) in [5.41, 5.74) is 4.00. The number of aromatic nitrogens is 4. The quantitative estimate of drug-likeness (QED) is 0.0213. The number of fused-ring (bicyclic) bond motifs is 1. The lowest BCUT2D eigenvalue weighted by molar-refractivity contribution is -0.347. The molecule has 0 aliphatic carbocycles. The Morgan fingerprint density at radius 1 is 1.07 bits per heavy atom. The van der Waals surface area contributed by atoms with Gasteiger partial charge in [0.1, 0.15) is 48.3 Å². The van der Waals surface area contributed by atoms with Crippen LogP contribution in [-0.2, 0) is 60.3 Å². The van der Waals surface area contributed by atoms with Crippen LogP contribution < -0.4 is 35.9 Å². The number of hydrogen-bond donors (Lipinski definition) is 5. The highest BCUT2D eigenvalue weighted by atomic mass is 32.2. The molecule has 1 fully saturated rings. The molecular formula is C29H40N7O19P3S-4. The van der Waals surface area contributed by atoms with Gasteiger partial charge in [0.25, 0.3) is 15.6 Å². The molecule has 2 amide bonds. The van der Waals surface area contributed by atoms with Crippen molar-refractivity contribution in [2.24, 2.45) is 5.41 Å². The molecule has 7 atom stereocenters. The number of nitrogens with zero attached hydrogens (tertiary/aromatic N) is 4. The number of aldehydes is 1. The standard InChI is InChI=1S/C29H44N7O19P3S/c1-29(2,24(42)27(43)32-8-7-19(39)31-9-11-59-20(40)12-17(38)6-4-3-5-10-37)14-52-58(49,50)55-57(47,48)51-13-18-23(54-56(44,45)46)22(41)28(53-18)36-16-35-21-25(30)33-15-34-26(21)36/h3-4,10,15-16,18,22-24,28,41-42H,5-9,11-14H2,1-2H3,(H,31,39)(H,32,43)(H,47,48)(H,49,50)(H2,30,33,34)(H2,44,45,46)/p-4/t18-,22-,23-,24+,28-/m1/s1. The van der Waals surface area contributed by atoms with Gasteiger partial charge in [-0.3, -0.25) is 32.9 Å². The second kappa shape index (κ2) is 21.9. The van der Waals surface area contributed by atoms with Crippen LogP contribution in [0.5, 0.6) is 0 Å². The zero-order valence-corrected chi connectivity index (χ0v) is 34.6. The predicted molar refractivity (Wildman–Crippen MR) is 192 cm³/mol. The number of ether oxygens (including phenoxy) is 1. The first-order chi connectivity index (χ1) is 27.4. The first-order valence-corrected chi connectivity index (χ1v) is 22.4. The molecule has 2 aromatic heterocycles. The van der Waals surface area contributed by atoms with E-state index in [0.717, 1.165) is 29.0 Å². The van der Waals surface area contributed by atoms with Crippen molar-refractivity contribution < 1.29 is 90.1 Å². The van der Waals surface area contributed by atoms with Crippen LogP contribution in [0.2, 0.25) is 0 Å². The number of carbonyl (C=O) groups is 5. The Bertz CT molecular complexity index is 2000. The van der Waals surface area contributed by atoms with Crippen molar-refractivity contribution in [2.45, 2.75) is 70.2 Å².